The molecule has 0 N–H and O–H groups in total. The van der Waals surface area contributed by atoms with Crippen LogP contribution in [0.25, 0.3) is 55.8 Å². The molecule has 0 amide bonds. The maximum atomic E-state index is 5.01. The van der Waals surface area contributed by atoms with Gasteiger partial charge in [0.15, 0.2) is 0 Å². The van der Waals surface area contributed by atoms with E-state index in [-0.39, 0.29) is 0 Å². The van der Waals surface area contributed by atoms with Crippen molar-refractivity contribution in [1.29, 1.82) is 0 Å². The Morgan fingerprint density at radius 2 is 0.824 bits per heavy atom. The van der Waals surface area contributed by atoms with Crippen LogP contribution >= 0.6 is 0 Å². The SMILES string of the molecule is c1ccc(-c2nc3ccccc3nc2-c2ccc(-c3cccc(-c4ccncc4)c3)cc2)cc1. The molecule has 0 aliphatic rings. The molecule has 0 saturated carbocycles. The lowest BCUT2D eigenvalue weighted by molar-refractivity contribution is 1.29. The van der Waals surface area contributed by atoms with Crippen molar-refractivity contribution in [1.82, 2.24) is 15.0 Å². The summed E-state index contributed by atoms with van der Waals surface area (Å²) >= 11 is 0. The number of fused-ring (bicyclic) bond motifs is 1. The summed E-state index contributed by atoms with van der Waals surface area (Å²) in [6.45, 7) is 0. The van der Waals surface area contributed by atoms with Crippen molar-refractivity contribution in [3.63, 3.8) is 0 Å². The Kier molecular flexibility index (Phi) is 5.13. The van der Waals surface area contributed by atoms with E-state index >= 15 is 0 Å². The number of nitrogens with zero attached hydrogens (tertiary/aromatic N) is 3. The Balaban J connectivity index is 1.42. The number of rotatable bonds is 4. The van der Waals surface area contributed by atoms with E-state index in [4.69, 9.17) is 9.97 Å². The Labute approximate surface area is 198 Å². The second-order valence-corrected chi connectivity index (χ2v) is 8.17. The van der Waals surface area contributed by atoms with Crippen LogP contribution in [0, 0.1) is 0 Å². The summed E-state index contributed by atoms with van der Waals surface area (Å²) in [4.78, 5) is 14.1. The lowest BCUT2D eigenvalue weighted by Crippen LogP contribution is -1.95. The van der Waals surface area contributed by atoms with Crippen LogP contribution in [0.15, 0.2) is 128 Å². The molecule has 0 fully saturated rings. The molecule has 4 aromatic carbocycles. The van der Waals surface area contributed by atoms with Crippen molar-refractivity contribution in [2.45, 2.75) is 0 Å². The minimum Gasteiger partial charge on any atom is -0.265 e. The van der Waals surface area contributed by atoms with Crippen molar-refractivity contribution < 1.29 is 0 Å². The zero-order valence-corrected chi connectivity index (χ0v) is 18.5. The topological polar surface area (TPSA) is 38.7 Å². The van der Waals surface area contributed by atoms with E-state index in [1.54, 1.807) is 0 Å². The Morgan fingerprint density at radius 1 is 0.353 bits per heavy atom. The molecule has 3 nitrogen and oxygen atoms in total. The fourth-order valence-electron chi connectivity index (χ4n) is 4.24. The van der Waals surface area contributed by atoms with Crippen LogP contribution in [-0.4, -0.2) is 15.0 Å². The fourth-order valence-corrected chi connectivity index (χ4v) is 4.24. The molecule has 2 heterocycles. The molecule has 0 spiro atoms. The fraction of sp³-hybridized carbons (Fsp3) is 0. The van der Waals surface area contributed by atoms with Crippen molar-refractivity contribution in [2.75, 3.05) is 0 Å². The van der Waals surface area contributed by atoms with Crippen LogP contribution in [0.4, 0.5) is 0 Å². The second kappa shape index (κ2) is 8.72. The molecule has 0 unspecified atom stereocenters. The van der Waals surface area contributed by atoms with Gasteiger partial charge in [0.1, 0.15) is 0 Å². The van der Waals surface area contributed by atoms with Gasteiger partial charge in [0.2, 0.25) is 0 Å². The first-order valence-electron chi connectivity index (χ1n) is 11.3. The minimum atomic E-state index is 0.891. The molecular weight excluding hydrogens is 414 g/mol. The highest BCUT2D eigenvalue weighted by atomic mass is 14.8. The molecular formula is C31H21N3. The molecule has 0 radical (unpaired) electrons. The maximum absolute atomic E-state index is 5.01. The number of para-hydroxylation sites is 2. The van der Waals surface area contributed by atoms with E-state index in [9.17, 15) is 0 Å². The molecule has 34 heavy (non-hydrogen) atoms. The van der Waals surface area contributed by atoms with Crippen LogP contribution < -0.4 is 0 Å². The smallest absolute Gasteiger partial charge is 0.0973 e. The highest BCUT2D eigenvalue weighted by Crippen LogP contribution is 2.33. The number of benzene rings is 4. The largest absolute Gasteiger partial charge is 0.265 e. The third-order valence-corrected chi connectivity index (χ3v) is 5.99. The van der Waals surface area contributed by atoms with Crippen LogP contribution in [0.2, 0.25) is 0 Å². The highest BCUT2D eigenvalue weighted by molar-refractivity contribution is 5.86. The summed E-state index contributed by atoms with van der Waals surface area (Å²) in [5, 5.41) is 0. The molecule has 0 bridgehead atoms. The Bertz CT molecular complexity index is 1570. The average molecular weight is 436 g/mol. The van der Waals surface area contributed by atoms with Crippen LogP contribution in [0.3, 0.4) is 0 Å². The third-order valence-electron chi connectivity index (χ3n) is 5.99. The minimum absolute atomic E-state index is 0.891. The van der Waals surface area contributed by atoms with E-state index in [0.29, 0.717) is 0 Å². The molecule has 0 aliphatic heterocycles. The van der Waals surface area contributed by atoms with Gasteiger partial charge in [-0.1, -0.05) is 84.9 Å². The van der Waals surface area contributed by atoms with E-state index in [0.717, 1.165) is 44.7 Å². The van der Waals surface area contributed by atoms with Crippen molar-refractivity contribution in [3.8, 4) is 44.8 Å². The van der Waals surface area contributed by atoms with Crippen molar-refractivity contribution in [3.05, 3.63) is 128 Å². The summed E-state index contributed by atoms with van der Waals surface area (Å²) < 4.78 is 0. The van der Waals surface area contributed by atoms with Gasteiger partial charge in [-0.05, 0) is 52.6 Å². The quantitative estimate of drug-likeness (QED) is 0.285. The average Bonchev–Trinajstić information content (AvgIpc) is 2.93. The first-order chi connectivity index (χ1) is 16.8. The van der Waals surface area contributed by atoms with Crippen LogP contribution in [0.1, 0.15) is 0 Å². The lowest BCUT2D eigenvalue weighted by Gasteiger charge is -2.11. The van der Waals surface area contributed by atoms with Crippen molar-refractivity contribution >= 4 is 11.0 Å². The van der Waals surface area contributed by atoms with Gasteiger partial charge in [0.25, 0.3) is 0 Å². The van der Waals surface area contributed by atoms with Gasteiger partial charge in [-0.2, -0.15) is 0 Å². The standard InChI is InChI=1S/C31H21N3/c1-2-7-24(8-3-1)30-31(34-29-12-5-4-11-28(29)33-30)25-15-13-22(14-16-25)26-9-6-10-27(21-26)23-17-19-32-20-18-23/h1-21H. The van der Waals surface area contributed by atoms with Gasteiger partial charge in [-0.25, -0.2) is 9.97 Å². The molecule has 0 saturated heterocycles. The predicted molar refractivity (Wildman–Crippen MR) is 139 cm³/mol. The van der Waals surface area contributed by atoms with Gasteiger partial charge >= 0.3 is 0 Å². The Morgan fingerprint density at radius 3 is 1.44 bits per heavy atom. The monoisotopic (exact) mass is 435 g/mol. The maximum Gasteiger partial charge on any atom is 0.0973 e. The molecule has 6 rings (SSSR count). The van der Waals surface area contributed by atoms with Crippen LogP contribution in [0.5, 0.6) is 0 Å². The lowest BCUT2D eigenvalue weighted by atomic mass is 9.97. The predicted octanol–water partition coefficient (Wildman–Crippen LogP) is 7.69. The second-order valence-electron chi connectivity index (χ2n) is 8.17. The zero-order valence-electron chi connectivity index (χ0n) is 18.5. The number of hydrogen-bond donors (Lipinski definition) is 0. The summed E-state index contributed by atoms with van der Waals surface area (Å²) in [5.74, 6) is 0. The number of hydrogen-bond acceptors (Lipinski definition) is 3. The van der Waals surface area contributed by atoms with Crippen LogP contribution in [-0.2, 0) is 0 Å². The molecule has 0 atom stereocenters. The van der Waals surface area contributed by atoms with E-state index in [2.05, 4.69) is 65.6 Å². The summed E-state index contributed by atoms with van der Waals surface area (Å²) in [7, 11) is 0. The molecule has 2 aromatic heterocycles. The first-order valence-corrected chi connectivity index (χ1v) is 11.3. The molecule has 160 valence electrons. The van der Waals surface area contributed by atoms with Gasteiger partial charge < -0.3 is 0 Å². The van der Waals surface area contributed by atoms with Gasteiger partial charge in [0.05, 0.1) is 22.4 Å². The first kappa shape index (κ1) is 20.0. The number of pyridine rings is 1. The summed E-state index contributed by atoms with van der Waals surface area (Å²) in [6.07, 6.45) is 3.65. The van der Waals surface area contributed by atoms with E-state index in [1.807, 2.05) is 67.0 Å². The zero-order chi connectivity index (χ0) is 22.7. The van der Waals surface area contributed by atoms with Gasteiger partial charge in [-0.3, -0.25) is 4.98 Å². The van der Waals surface area contributed by atoms with Gasteiger partial charge in [0, 0.05) is 23.5 Å². The highest BCUT2D eigenvalue weighted by Gasteiger charge is 2.13. The molecule has 0 aliphatic carbocycles. The van der Waals surface area contributed by atoms with E-state index < -0.39 is 0 Å². The summed E-state index contributed by atoms with van der Waals surface area (Å²) in [6, 6.07) is 39.5. The Hall–Kier alpha value is -4.63. The van der Waals surface area contributed by atoms with Gasteiger partial charge in [-0.15, -0.1) is 0 Å². The molecule has 3 heteroatoms. The van der Waals surface area contributed by atoms with E-state index in [1.165, 1.54) is 11.1 Å². The van der Waals surface area contributed by atoms with Crippen molar-refractivity contribution in [2.24, 2.45) is 0 Å². The normalized spacial score (nSPS) is 10.9. The molecule has 6 aromatic rings. The number of aromatic nitrogens is 3. The third kappa shape index (κ3) is 3.84. The summed E-state index contributed by atoms with van der Waals surface area (Å²) in [5.41, 5.74) is 10.4.